The zero-order valence-electron chi connectivity index (χ0n) is 20.1. The summed E-state index contributed by atoms with van der Waals surface area (Å²) >= 11 is 0. The third-order valence-electron chi connectivity index (χ3n) is 5.50. The Morgan fingerprint density at radius 3 is 2.39 bits per heavy atom. The molecule has 2 aromatic carbocycles. The van der Waals surface area contributed by atoms with E-state index in [9.17, 15) is 14.4 Å². The van der Waals surface area contributed by atoms with Crippen LogP contribution < -0.4 is 26.0 Å². The molecule has 10 heteroatoms. The first kappa shape index (κ1) is 24.4. The monoisotopic (exact) mass is 487 g/mol. The molecule has 1 N–H and O–H groups in total. The van der Waals surface area contributed by atoms with Crippen molar-refractivity contribution in [3.63, 3.8) is 0 Å². The van der Waals surface area contributed by atoms with Crippen molar-refractivity contribution in [1.82, 2.24) is 24.6 Å². The second kappa shape index (κ2) is 10.7. The van der Waals surface area contributed by atoms with Gasteiger partial charge in [-0.15, -0.1) is 0 Å². The fraction of sp³-hybridized carbons (Fsp3) is 0.192. The van der Waals surface area contributed by atoms with Gasteiger partial charge in [0.2, 0.25) is 5.69 Å². The van der Waals surface area contributed by atoms with Gasteiger partial charge in [0.15, 0.2) is 11.5 Å². The number of hydrogen-bond donors (Lipinski definition) is 1. The molecule has 0 aliphatic carbocycles. The molecule has 2 aromatic heterocycles. The topological polar surface area (TPSA) is 117 Å². The van der Waals surface area contributed by atoms with Crippen LogP contribution in [0.5, 0.6) is 11.5 Å². The second-order valence-corrected chi connectivity index (χ2v) is 7.96. The van der Waals surface area contributed by atoms with Crippen LogP contribution in [0.1, 0.15) is 27.3 Å². The molecule has 0 aliphatic rings. The minimum absolute atomic E-state index is 0.0335. The van der Waals surface area contributed by atoms with Crippen molar-refractivity contribution < 1.29 is 14.3 Å². The molecule has 0 spiro atoms. The van der Waals surface area contributed by atoms with Gasteiger partial charge in [-0.2, -0.15) is 9.78 Å². The Bertz CT molecular complexity index is 1490. The number of amides is 1. The van der Waals surface area contributed by atoms with Crippen LogP contribution in [-0.2, 0) is 13.1 Å². The third-order valence-corrected chi connectivity index (χ3v) is 5.50. The standard InChI is InChI=1S/C26H25N5O5/c1-17-7-9-18(10-8-17)16-30-25(33)23(24(32)28-15-19-6-4-5-13-27-19)29-31(26(30)34)20-11-12-21(35-2)22(14-20)36-3/h4-14H,15-16H2,1-3H3,(H,28,32). The lowest BCUT2D eigenvalue weighted by atomic mass is 10.1. The fourth-order valence-electron chi connectivity index (χ4n) is 3.55. The van der Waals surface area contributed by atoms with Crippen LogP contribution in [0.25, 0.3) is 5.69 Å². The Morgan fingerprint density at radius 2 is 1.72 bits per heavy atom. The number of carbonyl (C=O) groups excluding carboxylic acids is 1. The molecule has 4 rings (SSSR count). The van der Waals surface area contributed by atoms with Crippen molar-refractivity contribution in [1.29, 1.82) is 0 Å². The molecule has 184 valence electrons. The molecule has 0 saturated heterocycles. The molecular weight excluding hydrogens is 462 g/mol. The SMILES string of the molecule is COc1ccc(-n2nc(C(=O)NCc3ccccn3)c(=O)n(Cc3ccc(C)cc3)c2=O)cc1OC. The lowest BCUT2D eigenvalue weighted by molar-refractivity contribution is 0.0940. The number of ether oxygens (including phenoxy) is 2. The zero-order chi connectivity index (χ0) is 25.7. The van der Waals surface area contributed by atoms with E-state index in [0.717, 1.165) is 20.4 Å². The summed E-state index contributed by atoms with van der Waals surface area (Å²) in [6, 6.07) is 17.5. The Labute approximate surface area is 206 Å². The fourth-order valence-corrected chi connectivity index (χ4v) is 3.55. The number of hydrogen-bond acceptors (Lipinski definition) is 7. The zero-order valence-corrected chi connectivity index (χ0v) is 20.1. The van der Waals surface area contributed by atoms with E-state index in [2.05, 4.69) is 15.4 Å². The number of carbonyl (C=O) groups is 1. The Hall–Kier alpha value is -4.73. The van der Waals surface area contributed by atoms with E-state index in [1.807, 2.05) is 31.2 Å². The van der Waals surface area contributed by atoms with E-state index in [0.29, 0.717) is 22.9 Å². The highest BCUT2D eigenvalue weighted by Crippen LogP contribution is 2.28. The van der Waals surface area contributed by atoms with Gasteiger partial charge in [-0.05, 0) is 36.8 Å². The van der Waals surface area contributed by atoms with Gasteiger partial charge in [-0.3, -0.25) is 19.1 Å². The highest BCUT2D eigenvalue weighted by atomic mass is 16.5. The number of benzene rings is 2. The number of pyridine rings is 1. The lowest BCUT2D eigenvalue weighted by Crippen LogP contribution is -2.46. The van der Waals surface area contributed by atoms with Crippen LogP contribution in [0.3, 0.4) is 0 Å². The summed E-state index contributed by atoms with van der Waals surface area (Å²) in [5.74, 6) is 0.0919. The van der Waals surface area contributed by atoms with Gasteiger partial charge in [0, 0.05) is 12.3 Å². The van der Waals surface area contributed by atoms with E-state index in [-0.39, 0.29) is 13.1 Å². The van der Waals surface area contributed by atoms with Gasteiger partial charge in [-0.25, -0.2) is 4.79 Å². The lowest BCUT2D eigenvalue weighted by Gasteiger charge is -2.14. The summed E-state index contributed by atoms with van der Waals surface area (Å²) in [5.41, 5.74) is 0.758. The van der Waals surface area contributed by atoms with Crippen LogP contribution in [0, 0.1) is 6.92 Å². The maximum atomic E-state index is 13.4. The van der Waals surface area contributed by atoms with Crippen LogP contribution in [0.15, 0.2) is 76.4 Å². The number of methoxy groups -OCH3 is 2. The molecule has 0 atom stereocenters. The average molecular weight is 488 g/mol. The molecule has 1 amide bonds. The van der Waals surface area contributed by atoms with Gasteiger partial charge >= 0.3 is 5.69 Å². The van der Waals surface area contributed by atoms with Gasteiger partial charge in [-0.1, -0.05) is 35.9 Å². The normalized spacial score (nSPS) is 10.6. The molecule has 0 unspecified atom stereocenters. The minimum Gasteiger partial charge on any atom is -0.493 e. The van der Waals surface area contributed by atoms with E-state index in [1.165, 1.54) is 14.2 Å². The summed E-state index contributed by atoms with van der Waals surface area (Å²) < 4.78 is 12.6. The molecule has 0 radical (unpaired) electrons. The summed E-state index contributed by atoms with van der Waals surface area (Å²) in [6.45, 7) is 2.00. The van der Waals surface area contributed by atoms with Gasteiger partial charge in [0.1, 0.15) is 0 Å². The maximum absolute atomic E-state index is 13.4. The number of aromatic nitrogens is 4. The molecule has 0 fully saturated rings. The molecule has 36 heavy (non-hydrogen) atoms. The van der Waals surface area contributed by atoms with E-state index in [4.69, 9.17) is 9.47 Å². The average Bonchev–Trinajstić information content (AvgIpc) is 2.91. The highest BCUT2D eigenvalue weighted by molar-refractivity contribution is 5.91. The minimum atomic E-state index is -0.796. The van der Waals surface area contributed by atoms with Crippen molar-refractivity contribution in [3.05, 3.63) is 110 Å². The smallest absolute Gasteiger partial charge is 0.352 e. The third kappa shape index (κ3) is 5.17. The van der Waals surface area contributed by atoms with Gasteiger partial charge < -0.3 is 14.8 Å². The molecule has 0 saturated carbocycles. The second-order valence-electron chi connectivity index (χ2n) is 7.96. The van der Waals surface area contributed by atoms with Crippen molar-refractivity contribution in [2.45, 2.75) is 20.0 Å². The maximum Gasteiger partial charge on any atom is 0.352 e. The molecule has 0 aliphatic heterocycles. The number of rotatable bonds is 8. The molecule has 2 heterocycles. The van der Waals surface area contributed by atoms with Crippen LogP contribution >= 0.6 is 0 Å². The quantitative estimate of drug-likeness (QED) is 0.404. The largest absolute Gasteiger partial charge is 0.493 e. The van der Waals surface area contributed by atoms with E-state index < -0.39 is 22.9 Å². The van der Waals surface area contributed by atoms with E-state index >= 15 is 0 Å². The Morgan fingerprint density at radius 1 is 0.972 bits per heavy atom. The molecule has 0 bridgehead atoms. The first-order valence-corrected chi connectivity index (χ1v) is 11.1. The molecule has 4 aromatic rings. The molecular formula is C26H25N5O5. The van der Waals surface area contributed by atoms with Crippen molar-refractivity contribution in [2.75, 3.05) is 14.2 Å². The van der Waals surface area contributed by atoms with Gasteiger partial charge in [0.25, 0.3) is 11.5 Å². The van der Waals surface area contributed by atoms with Crippen molar-refractivity contribution >= 4 is 5.91 Å². The number of aryl methyl sites for hydroxylation is 1. The summed E-state index contributed by atoms with van der Waals surface area (Å²) in [5, 5.41) is 6.80. The number of nitrogens with zero attached hydrogens (tertiary/aromatic N) is 4. The van der Waals surface area contributed by atoms with Crippen LogP contribution in [0.4, 0.5) is 0 Å². The Balaban J connectivity index is 1.81. The molecule has 10 nitrogen and oxygen atoms in total. The highest BCUT2D eigenvalue weighted by Gasteiger charge is 2.21. The van der Waals surface area contributed by atoms with Crippen molar-refractivity contribution in [2.24, 2.45) is 0 Å². The van der Waals surface area contributed by atoms with Crippen LogP contribution in [0.2, 0.25) is 0 Å². The predicted octanol–water partition coefficient (Wildman–Crippen LogP) is 2.09. The predicted molar refractivity (Wildman–Crippen MR) is 133 cm³/mol. The van der Waals surface area contributed by atoms with Crippen molar-refractivity contribution in [3.8, 4) is 17.2 Å². The first-order valence-electron chi connectivity index (χ1n) is 11.1. The van der Waals surface area contributed by atoms with E-state index in [1.54, 1.807) is 42.6 Å². The number of nitrogens with one attached hydrogen (secondary N) is 1. The summed E-state index contributed by atoms with van der Waals surface area (Å²) in [4.78, 5) is 43.9. The summed E-state index contributed by atoms with van der Waals surface area (Å²) in [6.07, 6.45) is 1.60. The van der Waals surface area contributed by atoms with Crippen LogP contribution in [-0.4, -0.2) is 39.5 Å². The first-order chi connectivity index (χ1) is 17.4. The summed E-state index contributed by atoms with van der Waals surface area (Å²) in [7, 11) is 2.96. The van der Waals surface area contributed by atoms with Gasteiger partial charge in [0.05, 0.1) is 38.7 Å². The Kier molecular flexibility index (Phi) is 7.24.